The highest BCUT2D eigenvalue weighted by Gasteiger charge is 2.52. The third-order valence-electron chi connectivity index (χ3n) is 5.16. The molecule has 2 aliphatic heterocycles. The van der Waals surface area contributed by atoms with Gasteiger partial charge in [-0.15, -0.1) is 0 Å². The summed E-state index contributed by atoms with van der Waals surface area (Å²) in [5.41, 5.74) is 1.44. The number of anilines is 1. The lowest BCUT2D eigenvalue weighted by Crippen LogP contribution is -2.38. The molecule has 130 valence electrons. The molecule has 0 bridgehead atoms. The van der Waals surface area contributed by atoms with Crippen molar-refractivity contribution in [2.24, 2.45) is 12.5 Å². The lowest BCUT2D eigenvalue weighted by molar-refractivity contribution is -0.124. The Hall–Kier alpha value is -2.77. The maximum absolute atomic E-state index is 13.0. The number of rotatable bonds is 2. The molecule has 0 radical (unpaired) electrons. The van der Waals surface area contributed by atoms with E-state index in [9.17, 15) is 9.59 Å². The number of carbonyl (C=O) groups excluding carboxylic acids is 2. The highest BCUT2D eigenvalue weighted by molar-refractivity contribution is 6.01. The fraction of sp³-hybridized carbons (Fsp3) is 0.471. The molecule has 4 heterocycles. The minimum atomic E-state index is -0.483. The van der Waals surface area contributed by atoms with Gasteiger partial charge in [0.25, 0.3) is 5.91 Å². The summed E-state index contributed by atoms with van der Waals surface area (Å²) < 4.78 is 1.69. The first-order chi connectivity index (χ1) is 12.0. The van der Waals surface area contributed by atoms with Gasteiger partial charge in [-0.3, -0.25) is 19.3 Å². The molecule has 1 spiro atoms. The van der Waals surface area contributed by atoms with Gasteiger partial charge in [0.1, 0.15) is 5.69 Å². The Balaban J connectivity index is 1.51. The van der Waals surface area contributed by atoms with E-state index in [-0.39, 0.29) is 11.8 Å². The number of aryl methyl sites for hydroxylation is 2. The van der Waals surface area contributed by atoms with Crippen molar-refractivity contribution in [2.45, 2.75) is 19.8 Å². The summed E-state index contributed by atoms with van der Waals surface area (Å²) in [6, 6.07) is 0. The highest BCUT2D eigenvalue weighted by Crippen LogP contribution is 2.42. The van der Waals surface area contributed by atoms with Crippen molar-refractivity contribution in [1.82, 2.24) is 24.6 Å². The van der Waals surface area contributed by atoms with Crippen LogP contribution < -0.4 is 4.90 Å². The molecule has 8 nitrogen and oxygen atoms in total. The minimum Gasteiger partial charge on any atom is -0.336 e. The smallest absolute Gasteiger partial charge is 0.274 e. The summed E-state index contributed by atoms with van der Waals surface area (Å²) in [6.45, 7) is 3.51. The molecule has 4 rings (SSSR count). The predicted octanol–water partition coefficient (Wildman–Crippen LogP) is 0.788. The number of amides is 2. The molecular formula is C17H20N6O2. The topological polar surface area (TPSA) is 84.2 Å². The second-order valence-electron chi connectivity index (χ2n) is 6.88. The zero-order valence-corrected chi connectivity index (χ0v) is 14.3. The van der Waals surface area contributed by atoms with E-state index in [1.807, 2.05) is 20.2 Å². The second kappa shape index (κ2) is 5.65. The summed E-state index contributed by atoms with van der Waals surface area (Å²) in [5.74, 6) is -0.0669. The van der Waals surface area contributed by atoms with Crippen LogP contribution >= 0.6 is 0 Å². The SMILES string of the molecule is Cc1cnc(C(=O)N2CCC3(CCN(c4cnn(C)c4)C3=O)C2)cn1. The molecule has 2 fully saturated rings. The van der Waals surface area contributed by atoms with E-state index in [0.29, 0.717) is 31.7 Å². The third-order valence-corrected chi connectivity index (χ3v) is 5.16. The standard InChI is InChI=1S/C17H20N6O2/c1-12-7-19-14(9-18-12)15(24)22-5-3-17(11-22)4-6-23(16(17)25)13-8-20-21(2)10-13/h7-10H,3-6,11H2,1-2H3. The molecule has 0 aromatic carbocycles. The highest BCUT2D eigenvalue weighted by atomic mass is 16.2. The molecule has 2 aliphatic rings. The fourth-order valence-electron chi connectivity index (χ4n) is 3.70. The van der Waals surface area contributed by atoms with Gasteiger partial charge in [-0.1, -0.05) is 0 Å². The Bertz CT molecular complexity index is 830. The zero-order chi connectivity index (χ0) is 17.6. The monoisotopic (exact) mass is 340 g/mol. The summed E-state index contributed by atoms with van der Waals surface area (Å²) in [6.07, 6.45) is 8.08. The first kappa shape index (κ1) is 15.7. The lowest BCUT2D eigenvalue weighted by atomic mass is 9.85. The van der Waals surface area contributed by atoms with E-state index < -0.39 is 5.41 Å². The predicted molar refractivity (Wildman–Crippen MR) is 89.9 cm³/mol. The van der Waals surface area contributed by atoms with Gasteiger partial charge >= 0.3 is 0 Å². The van der Waals surface area contributed by atoms with E-state index >= 15 is 0 Å². The Morgan fingerprint density at radius 1 is 1.16 bits per heavy atom. The van der Waals surface area contributed by atoms with Crippen molar-refractivity contribution < 1.29 is 9.59 Å². The summed E-state index contributed by atoms with van der Waals surface area (Å²) in [7, 11) is 1.83. The molecule has 2 aromatic rings. The quantitative estimate of drug-likeness (QED) is 0.807. The molecule has 1 atom stereocenters. The van der Waals surface area contributed by atoms with Gasteiger partial charge in [0, 0.05) is 39.1 Å². The Labute approximate surface area is 145 Å². The Kier molecular flexibility index (Phi) is 3.55. The van der Waals surface area contributed by atoms with E-state index in [4.69, 9.17) is 0 Å². The summed E-state index contributed by atoms with van der Waals surface area (Å²) in [4.78, 5) is 37.5. The second-order valence-corrected chi connectivity index (χ2v) is 6.88. The van der Waals surface area contributed by atoms with Crippen molar-refractivity contribution in [3.05, 3.63) is 36.2 Å². The zero-order valence-electron chi connectivity index (χ0n) is 14.3. The van der Waals surface area contributed by atoms with Crippen molar-refractivity contribution in [2.75, 3.05) is 24.5 Å². The molecule has 0 aliphatic carbocycles. The number of nitrogens with zero attached hydrogens (tertiary/aromatic N) is 6. The molecule has 8 heteroatoms. The minimum absolute atomic E-state index is 0.0887. The average Bonchev–Trinajstić information content (AvgIpc) is 3.30. The molecule has 25 heavy (non-hydrogen) atoms. The van der Waals surface area contributed by atoms with Crippen LogP contribution in [0.4, 0.5) is 5.69 Å². The molecule has 2 aromatic heterocycles. The number of carbonyl (C=O) groups is 2. The van der Waals surface area contributed by atoms with Crippen LogP contribution in [0.1, 0.15) is 29.0 Å². The van der Waals surface area contributed by atoms with Crippen LogP contribution in [0.25, 0.3) is 0 Å². The average molecular weight is 340 g/mol. The van der Waals surface area contributed by atoms with Crippen LogP contribution in [-0.2, 0) is 11.8 Å². The third kappa shape index (κ3) is 2.57. The van der Waals surface area contributed by atoms with Gasteiger partial charge in [0.15, 0.2) is 0 Å². The molecule has 0 N–H and O–H groups in total. The number of likely N-dealkylation sites (tertiary alicyclic amines) is 1. The Morgan fingerprint density at radius 3 is 2.64 bits per heavy atom. The number of aromatic nitrogens is 4. The van der Waals surface area contributed by atoms with Gasteiger partial charge < -0.3 is 9.80 Å². The normalized spacial score (nSPS) is 23.0. The van der Waals surface area contributed by atoms with Crippen LogP contribution in [0, 0.1) is 12.3 Å². The van der Waals surface area contributed by atoms with Crippen molar-refractivity contribution in [3.63, 3.8) is 0 Å². The molecule has 2 saturated heterocycles. The van der Waals surface area contributed by atoms with Crippen molar-refractivity contribution in [1.29, 1.82) is 0 Å². The number of hydrogen-bond donors (Lipinski definition) is 0. The van der Waals surface area contributed by atoms with Gasteiger partial charge in [-0.25, -0.2) is 4.98 Å². The van der Waals surface area contributed by atoms with E-state index in [2.05, 4.69) is 15.1 Å². The lowest BCUT2D eigenvalue weighted by Gasteiger charge is -2.23. The van der Waals surface area contributed by atoms with Gasteiger partial charge in [-0.2, -0.15) is 5.10 Å². The largest absolute Gasteiger partial charge is 0.336 e. The van der Waals surface area contributed by atoms with Crippen LogP contribution in [0.15, 0.2) is 24.8 Å². The van der Waals surface area contributed by atoms with Crippen molar-refractivity contribution in [3.8, 4) is 0 Å². The van der Waals surface area contributed by atoms with E-state index in [1.165, 1.54) is 6.20 Å². The first-order valence-corrected chi connectivity index (χ1v) is 8.37. The van der Waals surface area contributed by atoms with E-state index in [1.54, 1.807) is 26.9 Å². The van der Waals surface area contributed by atoms with Crippen LogP contribution in [0.2, 0.25) is 0 Å². The molecule has 0 saturated carbocycles. The molecule has 2 amide bonds. The van der Waals surface area contributed by atoms with E-state index in [0.717, 1.165) is 17.8 Å². The van der Waals surface area contributed by atoms with Gasteiger partial charge in [0.2, 0.25) is 5.91 Å². The molecular weight excluding hydrogens is 320 g/mol. The molecule has 1 unspecified atom stereocenters. The Morgan fingerprint density at radius 2 is 1.96 bits per heavy atom. The number of hydrogen-bond acceptors (Lipinski definition) is 5. The van der Waals surface area contributed by atoms with Gasteiger partial charge in [-0.05, 0) is 19.8 Å². The van der Waals surface area contributed by atoms with Crippen LogP contribution in [0.5, 0.6) is 0 Å². The van der Waals surface area contributed by atoms with Crippen LogP contribution in [-0.4, -0.2) is 56.1 Å². The van der Waals surface area contributed by atoms with Crippen LogP contribution in [0.3, 0.4) is 0 Å². The summed E-state index contributed by atoms with van der Waals surface area (Å²) >= 11 is 0. The first-order valence-electron chi connectivity index (χ1n) is 8.37. The van der Waals surface area contributed by atoms with Crippen molar-refractivity contribution >= 4 is 17.5 Å². The fourth-order valence-corrected chi connectivity index (χ4v) is 3.70. The summed E-state index contributed by atoms with van der Waals surface area (Å²) in [5, 5.41) is 4.14. The maximum Gasteiger partial charge on any atom is 0.274 e. The maximum atomic E-state index is 13.0. The van der Waals surface area contributed by atoms with Gasteiger partial charge in [0.05, 0.1) is 29.2 Å².